The Morgan fingerprint density at radius 1 is 1.47 bits per heavy atom. The minimum atomic E-state index is -1.08. The van der Waals surface area contributed by atoms with Gasteiger partial charge in [0, 0.05) is 12.6 Å². The summed E-state index contributed by atoms with van der Waals surface area (Å²) in [5.74, 6) is 0.298. The highest BCUT2D eigenvalue weighted by molar-refractivity contribution is 5.40. The predicted molar refractivity (Wildman–Crippen MR) is 64.9 cm³/mol. The Bertz CT molecular complexity index is 404. The smallest absolute Gasteiger partial charge is 0.115 e. The number of aliphatic hydroxyl groups is 2. The van der Waals surface area contributed by atoms with E-state index < -0.39 is 5.60 Å². The SMILES string of the molecule is CC(O)(CO)CNC1CCc2cc(O)ccc21. The van der Waals surface area contributed by atoms with E-state index >= 15 is 0 Å². The van der Waals surface area contributed by atoms with Crippen LogP contribution in [0.5, 0.6) is 5.75 Å². The van der Waals surface area contributed by atoms with E-state index in [1.165, 1.54) is 5.56 Å². The molecule has 0 fully saturated rings. The van der Waals surface area contributed by atoms with Gasteiger partial charge in [0.1, 0.15) is 5.75 Å². The first kappa shape index (κ1) is 12.4. The van der Waals surface area contributed by atoms with Crippen LogP contribution in [0.1, 0.15) is 30.5 Å². The summed E-state index contributed by atoms with van der Waals surface area (Å²) < 4.78 is 0. The predicted octanol–water partition coefficient (Wildman–Crippen LogP) is 0.712. The minimum Gasteiger partial charge on any atom is -0.508 e. The number of aliphatic hydroxyl groups excluding tert-OH is 1. The third-order valence-electron chi connectivity index (χ3n) is 3.27. The largest absolute Gasteiger partial charge is 0.508 e. The lowest BCUT2D eigenvalue weighted by molar-refractivity contribution is 0.000715. The second kappa shape index (κ2) is 4.64. The minimum absolute atomic E-state index is 0.198. The number of benzene rings is 1. The molecule has 0 bridgehead atoms. The van der Waals surface area contributed by atoms with Gasteiger partial charge in [-0.1, -0.05) is 6.07 Å². The van der Waals surface area contributed by atoms with Gasteiger partial charge < -0.3 is 20.6 Å². The van der Waals surface area contributed by atoms with Crippen LogP contribution in [0, 0.1) is 0 Å². The van der Waals surface area contributed by atoms with Crippen molar-refractivity contribution < 1.29 is 15.3 Å². The summed E-state index contributed by atoms with van der Waals surface area (Å²) >= 11 is 0. The van der Waals surface area contributed by atoms with Gasteiger partial charge in [0.15, 0.2) is 0 Å². The third-order valence-corrected chi connectivity index (χ3v) is 3.27. The number of nitrogens with one attached hydrogen (secondary N) is 1. The molecule has 0 amide bonds. The van der Waals surface area contributed by atoms with Crippen molar-refractivity contribution >= 4 is 0 Å². The fourth-order valence-corrected chi connectivity index (χ4v) is 2.21. The summed E-state index contributed by atoms with van der Waals surface area (Å²) in [4.78, 5) is 0. The van der Waals surface area contributed by atoms with Crippen LogP contribution in [-0.2, 0) is 6.42 Å². The lowest BCUT2D eigenvalue weighted by Crippen LogP contribution is -2.41. The molecule has 1 aromatic rings. The number of fused-ring (bicyclic) bond motifs is 1. The first-order valence-corrected chi connectivity index (χ1v) is 5.90. The van der Waals surface area contributed by atoms with Crippen LogP contribution in [0.4, 0.5) is 0 Å². The highest BCUT2D eigenvalue weighted by Gasteiger charge is 2.26. The van der Waals surface area contributed by atoms with Crippen LogP contribution in [0.15, 0.2) is 18.2 Å². The maximum atomic E-state index is 9.72. The van der Waals surface area contributed by atoms with Gasteiger partial charge in [-0.05, 0) is 43.0 Å². The van der Waals surface area contributed by atoms with Gasteiger partial charge in [-0.25, -0.2) is 0 Å². The molecule has 2 atom stereocenters. The summed E-state index contributed by atoms with van der Waals surface area (Å²) in [7, 11) is 0. The number of hydrogen-bond acceptors (Lipinski definition) is 4. The first-order valence-electron chi connectivity index (χ1n) is 5.90. The van der Waals surface area contributed by atoms with Crippen molar-refractivity contribution in [1.29, 1.82) is 0 Å². The zero-order valence-corrected chi connectivity index (χ0v) is 9.98. The van der Waals surface area contributed by atoms with Crippen LogP contribution in [-0.4, -0.2) is 34.1 Å². The van der Waals surface area contributed by atoms with E-state index in [4.69, 9.17) is 5.11 Å². The monoisotopic (exact) mass is 237 g/mol. The second-order valence-corrected chi connectivity index (χ2v) is 5.01. The van der Waals surface area contributed by atoms with Crippen molar-refractivity contribution in [2.45, 2.75) is 31.4 Å². The van der Waals surface area contributed by atoms with Gasteiger partial charge in [-0.3, -0.25) is 0 Å². The van der Waals surface area contributed by atoms with Crippen molar-refractivity contribution in [3.05, 3.63) is 29.3 Å². The molecule has 4 N–H and O–H groups in total. The molecule has 2 unspecified atom stereocenters. The molecule has 2 rings (SSSR count). The van der Waals surface area contributed by atoms with Gasteiger partial charge in [0.25, 0.3) is 0 Å². The lowest BCUT2D eigenvalue weighted by Gasteiger charge is -2.24. The van der Waals surface area contributed by atoms with E-state index in [1.54, 1.807) is 19.1 Å². The van der Waals surface area contributed by atoms with Gasteiger partial charge in [-0.15, -0.1) is 0 Å². The number of aromatic hydroxyl groups is 1. The molecule has 0 radical (unpaired) electrons. The number of phenolic OH excluding ortho intramolecular Hbond substituents is 1. The number of aryl methyl sites for hydroxylation is 1. The fraction of sp³-hybridized carbons (Fsp3) is 0.538. The van der Waals surface area contributed by atoms with E-state index in [9.17, 15) is 10.2 Å². The molecular formula is C13H19NO3. The lowest BCUT2D eigenvalue weighted by atomic mass is 10.1. The van der Waals surface area contributed by atoms with Gasteiger partial charge >= 0.3 is 0 Å². The van der Waals surface area contributed by atoms with Crippen LogP contribution in [0.3, 0.4) is 0 Å². The maximum Gasteiger partial charge on any atom is 0.115 e. The summed E-state index contributed by atoms with van der Waals surface area (Å²) in [6.07, 6.45) is 1.89. The molecule has 4 heteroatoms. The van der Waals surface area contributed by atoms with E-state index in [1.807, 2.05) is 6.07 Å². The van der Waals surface area contributed by atoms with Crippen molar-refractivity contribution in [1.82, 2.24) is 5.32 Å². The standard InChI is InChI=1S/C13H19NO3/c1-13(17,8-15)7-14-12-5-2-9-6-10(16)3-4-11(9)12/h3-4,6,12,14-17H,2,5,7-8H2,1H3. The molecule has 1 aromatic carbocycles. The fourth-order valence-electron chi connectivity index (χ4n) is 2.21. The molecule has 1 aliphatic carbocycles. The van der Waals surface area contributed by atoms with Gasteiger partial charge in [-0.2, -0.15) is 0 Å². The summed E-state index contributed by atoms with van der Waals surface area (Å²) in [6, 6.07) is 5.59. The maximum absolute atomic E-state index is 9.72. The van der Waals surface area contributed by atoms with Gasteiger partial charge in [0.2, 0.25) is 0 Å². The van der Waals surface area contributed by atoms with Crippen molar-refractivity contribution in [2.75, 3.05) is 13.2 Å². The van der Waals surface area contributed by atoms with Crippen molar-refractivity contribution in [3.63, 3.8) is 0 Å². The quantitative estimate of drug-likeness (QED) is 0.622. The molecule has 0 aromatic heterocycles. The topological polar surface area (TPSA) is 72.7 Å². The molecule has 0 saturated heterocycles. The van der Waals surface area contributed by atoms with Crippen LogP contribution in [0.25, 0.3) is 0 Å². The summed E-state index contributed by atoms with van der Waals surface area (Å²) in [5.41, 5.74) is 1.25. The number of rotatable bonds is 4. The molecule has 0 saturated carbocycles. The average molecular weight is 237 g/mol. The van der Waals surface area contributed by atoms with Crippen LogP contribution < -0.4 is 5.32 Å². The van der Waals surface area contributed by atoms with E-state index in [2.05, 4.69) is 5.32 Å². The van der Waals surface area contributed by atoms with Crippen molar-refractivity contribution in [2.24, 2.45) is 0 Å². The van der Waals surface area contributed by atoms with Crippen LogP contribution >= 0.6 is 0 Å². The Balaban J connectivity index is 2.03. The van der Waals surface area contributed by atoms with E-state index in [0.717, 1.165) is 18.4 Å². The van der Waals surface area contributed by atoms with E-state index in [-0.39, 0.29) is 12.6 Å². The molecule has 0 spiro atoms. The Morgan fingerprint density at radius 3 is 2.94 bits per heavy atom. The molecular weight excluding hydrogens is 218 g/mol. The highest BCUT2D eigenvalue weighted by Crippen LogP contribution is 2.33. The number of phenols is 1. The number of hydrogen-bond donors (Lipinski definition) is 4. The normalized spacial score (nSPS) is 22.2. The zero-order chi connectivity index (χ0) is 12.5. The highest BCUT2D eigenvalue weighted by atomic mass is 16.3. The molecule has 1 aliphatic rings. The molecule has 94 valence electrons. The van der Waals surface area contributed by atoms with Gasteiger partial charge in [0.05, 0.1) is 12.2 Å². The Hall–Kier alpha value is -1.10. The molecule has 0 aliphatic heterocycles. The van der Waals surface area contributed by atoms with E-state index in [0.29, 0.717) is 12.3 Å². The van der Waals surface area contributed by atoms with Crippen LogP contribution in [0.2, 0.25) is 0 Å². The summed E-state index contributed by atoms with van der Waals surface area (Å²) in [5, 5.41) is 31.3. The second-order valence-electron chi connectivity index (χ2n) is 5.01. The Morgan fingerprint density at radius 2 is 2.24 bits per heavy atom. The molecule has 17 heavy (non-hydrogen) atoms. The Kier molecular flexibility index (Phi) is 3.38. The third kappa shape index (κ3) is 2.77. The molecule has 0 heterocycles. The Labute approximate surface area is 101 Å². The van der Waals surface area contributed by atoms with Crippen molar-refractivity contribution in [3.8, 4) is 5.75 Å². The summed E-state index contributed by atoms with van der Waals surface area (Å²) in [6.45, 7) is 1.70. The average Bonchev–Trinajstić information content (AvgIpc) is 2.69. The zero-order valence-electron chi connectivity index (χ0n) is 9.98. The molecule has 4 nitrogen and oxygen atoms in total. The first-order chi connectivity index (χ1) is 8.02.